The molecule has 0 aliphatic rings. The summed E-state index contributed by atoms with van der Waals surface area (Å²) in [4.78, 5) is 0. The third kappa shape index (κ3) is 5.52. The summed E-state index contributed by atoms with van der Waals surface area (Å²) >= 11 is 3.46. The van der Waals surface area contributed by atoms with Gasteiger partial charge in [0.25, 0.3) is 0 Å². The number of nitrogens with one attached hydrogen (secondary N) is 1. The van der Waals surface area contributed by atoms with Gasteiger partial charge in [0.05, 0.1) is 13.2 Å². The van der Waals surface area contributed by atoms with Crippen molar-refractivity contribution in [3.8, 4) is 5.75 Å². The summed E-state index contributed by atoms with van der Waals surface area (Å²) in [6.45, 7) is 4.54. The zero-order valence-corrected chi connectivity index (χ0v) is 11.8. The smallest absolute Gasteiger partial charge is 0.122 e. The number of rotatable bonds is 8. The fourth-order valence-corrected chi connectivity index (χ4v) is 1.96. The predicted molar refractivity (Wildman–Crippen MR) is 73.6 cm³/mol. The average molecular weight is 302 g/mol. The van der Waals surface area contributed by atoms with Crippen LogP contribution in [-0.2, 0) is 6.42 Å². The van der Waals surface area contributed by atoms with Crippen molar-refractivity contribution in [2.24, 2.45) is 0 Å². The largest absolute Gasteiger partial charge is 0.493 e. The predicted octanol–water partition coefficient (Wildman–Crippen LogP) is 2.36. The Morgan fingerprint density at radius 3 is 2.88 bits per heavy atom. The van der Waals surface area contributed by atoms with E-state index < -0.39 is 0 Å². The second kappa shape index (κ2) is 8.50. The van der Waals surface area contributed by atoms with Gasteiger partial charge in [0, 0.05) is 11.0 Å². The van der Waals surface area contributed by atoms with Crippen molar-refractivity contribution < 1.29 is 9.84 Å². The zero-order chi connectivity index (χ0) is 12.5. The van der Waals surface area contributed by atoms with Crippen LogP contribution in [0.4, 0.5) is 0 Å². The van der Waals surface area contributed by atoms with Crippen molar-refractivity contribution in [1.82, 2.24) is 5.32 Å². The van der Waals surface area contributed by atoms with Gasteiger partial charge in [0.2, 0.25) is 0 Å². The molecular weight excluding hydrogens is 282 g/mol. The minimum atomic E-state index is 0.188. The molecule has 1 rings (SSSR count). The molecule has 3 nitrogen and oxygen atoms in total. The van der Waals surface area contributed by atoms with Crippen LogP contribution in [0.5, 0.6) is 5.75 Å². The van der Waals surface area contributed by atoms with Crippen molar-refractivity contribution in [3.05, 3.63) is 28.2 Å². The lowest BCUT2D eigenvalue weighted by Gasteiger charge is -2.11. The van der Waals surface area contributed by atoms with Crippen LogP contribution in [0.3, 0.4) is 0 Å². The molecule has 2 N–H and O–H groups in total. The first-order valence-corrected chi connectivity index (χ1v) is 6.80. The standard InChI is InChI=1S/C13H20BrNO2/c1-2-11-10-12(14)4-5-13(11)17-9-3-6-15-7-8-16/h4-5,10,15-16H,2-3,6-9H2,1H3. The molecule has 1 aromatic rings. The number of aliphatic hydroxyl groups excluding tert-OH is 1. The molecule has 0 atom stereocenters. The third-order valence-corrected chi connectivity index (χ3v) is 2.94. The van der Waals surface area contributed by atoms with Crippen LogP contribution in [0.1, 0.15) is 18.9 Å². The van der Waals surface area contributed by atoms with Gasteiger partial charge in [-0.1, -0.05) is 22.9 Å². The molecule has 17 heavy (non-hydrogen) atoms. The summed E-state index contributed by atoms with van der Waals surface area (Å²) in [5.41, 5.74) is 1.22. The summed E-state index contributed by atoms with van der Waals surface area (Å²) in [7, 11) is 0. The molecule has 0 amide bonds. The van der Waals surface area contributed by atoms with E-state index in [-0.39, 0.29) is 6.61 Å². The first kappa shape index (κ1) is 14.5. The van der Waals surface area contributed by atoms with Crippen LogP contribution in [0.2, 0.25) is 0 Å². The van der Waals surface area contributed by atoms with Crippen LogP contribution in [0.15, 0.2) is 22.7 Å². The molecule has 1 aromatic carbocycles. The number of aryl methyl sites for hydroxylation is 1. The molecule has 0 fully saturated rings. The van der Waals surface area contributed by atoms with Gasteiger partial charge in [-0.2, -0.15) is 0 Å². The Balaban J connectivity index is 2.31. The van der Waals surface area contributed by atoms with E-state index in [4.69, 9.17) is 9.84 Å². The van der Waals surface area contributed by atoms with E-state index in [2.05, 4.69) is 34.2 Å². The third-order valence-electron chi connectivity index (χ3n) is 2.45. The fourth-order valence-electron chi connectivity index (χ4n) is 1.55. The molecule has 0 radical (unpaired) electrons. The molecule has 0 spiro atoms. The monoisotopic (exact) mass is 301 g/mol. The van der Waals surface area contributed by atoms with Gasteiger partial charge in [-0.15, -0.1) is 0 Å². The van der Waals surface area contributed by atoms with Crippen LogP contribution in [0.25, 0.3) is 0 Å². The van der Waals surface area contributed by atoms with Crippen LogP contribution in [-0.4, -0.2) is 31.4 Å². The van der Waals surface area contributed by atoms with Gasteiger partial charge < -0.3 is 15.2 Å². The summed E-state index contributed by atoms with van der Waals surface area (Å²) in [6.07, 6.45) is 1.91. The van der Waals surface area contributed by atoms with Gasteiger partial charge in [-0.25, -0.2) is 0 Å². The quantitative estimate of drug-likeness (QED) is 0.724. The lowest BCUT2D eigenvalue weighted by atomic mass is 10.1. The lowest BCUT2D eigenvalue weighted by molar-refractivity contribution is 0.281. The lowest BCUT2D eigenvalue weighted by Crippen LogP contribution is -2.20. The van der Waals surface area contributed by atoms with Gasteiger partial charge in [-0.05, 0) is 43.1 Å². The summed E-state index contributed by atoms with van der Waals surface area (Å²) in [5.74, 6) is 0.970. The zero-order valence-electron chi connectivity index (χ0n) is 10.2. The van der Waals surface area contributed by atoms with Gasteiger partial charge in [0.15, 0.2) is 0 Å². The maximum Gasteiger partial charge on any atom is 0.122 e. The highest BCUT2D eigenvalue weighted by molar-refractivity contribution is 9.10. The second-order valence-corrected chi connectivity index (χ2v) is 4.70. The first-order chi connectivity index (χ1) is 8.27. The molecule has 96 valence electrons. The number of halogens is 1. The topological polar surface area (TPSA) is 41.5 Å². The van der Waals surface area contributed by atoms with E-state index in [1.165, 1.54) is 5.56 Å². The highest BCUT2D eigenvalue weighted by Crippen LogP contribution is 2.23. The Kier molecular flexibility index (Phi) is 7.24. The highest BCUT2D eigenvalue weighted by atomic mass is 79.9. The number of hydrogen-bond acceptors (Lipinski definition) is 3. The van der Waals surface area contributed by atoms with E-state index in [1.54, 1.807) is 0 Å². The number of aliphatic hydroxyl groups is 1. The van der Waals surface area contributed by atoms with Crippen molar-refractivity contribution in [1.29, 1.82) is 0 Å². The molecule has 0 unspecified atom stereocenters. The minimum absolute atomic E-state index is 0.188. The van der Waals surface area contributed by atoms with E-state index in [1.807, 2.05) is 12.1 Å². The van der Waals surface area contributed by atoms with E-state index in [9.17, 15) is 0 Å². The molecule has 0 aliphatic carbocycles. The summed E-state index contributed by atoms with van der Waals surface area (Å²) in [6, 6.07) is 6.10. The summed E-state index contributed by atoms with van der Waals surface area (Å²) < 4.78 is 6.83. The van der Waals surface area contributed by atoms with Gasteiger partial charge in [-0.3, -0.25) is 0 Å². The van der Waals surface area contributed by atoms with E-state index in [0.29, 0.717) is 13.2 Å². The van der Waals surface area contributed by atoms with Crippen molar-refractivity contribution in [3.63, 3.8) is 0 Å². The molecule has 0 saturated heterocycles. The van der Waals surface area contributed by atoms with E-state index in [0.717, 1.165) is 29.6 Å². The Hall–Kier alpha value is -0.580. The van der Waals surface area contributed by atoms with Crippen LogP contribution < -0.4 is 10.1 Å². The number of benzene rings is 1. The molecule has 0 bridgehead atoms. The maximum atomic E-state index is 8.60. The van der Waals surface area contributed by atoms with Crippen molar-refractivity contribution in [2.75, 3.05) is 26.3 Å². The average Bonchev–Trinajstić information content (AvgIpc) is 2.35. The molecule has 0 heterocycles. The maximum absolute atomic E-state index is 8.60. The Bertz CT molecular complexity index is 331. The number of hydrogen-bond donors (Lipinski definition) is 2. The molecule has 4 heteroatoms. The molecule has 0 aliphatic heterocycles. The normalized spacial score (nSPS) is 10.5. The fraction of sp³-hybridized carbons (Fsp3) is 0.538. The van der Waals surface area contributed by atoms with Crippen LogP contribution >= 0.6 is 15.9 Å². The number of ether oxygens (including phenoxy) is 1. The SMILES string of the molecule is CCc1cc(Br)ccc1OCCCNCCO. The van der Waals surface area contributed by atoms with Crippen molar-refractivity contribution in [2.45, 2.75) is 19.8 Å². The Morgan fingerprint density at radius 1 is 1.35 bits per heavy atom. The highest BCUT2D eigenvalue weighted by Gasteiger charge is 2.02. The first-order valence-electron chi connectivity index (χ1n) is 6.00. The Morgan fingerprint density at radius 2 is 2.18 bits per heavy atom. The second-order valence-electron chi connectivity index (χ2n) is 3.78. The van der Waals surface area contributed by atoms with Crippen molar-refractivity contribution >= 4 is 15.9 Å². The van der Waals surface area contributed by atoms with E-state index >= 15 is 0 Å². The Labute approximate surface area is 111 Å². The van der Waals surface area contributed by atoms with Gasteiger partial charge >= 0.3 is 0 Å². The van der Waals surface area contributed by atoms with Crippen LogP contribution in [0, 0.1) is 0 Å². The summed E-state index contributed by atoms with van der Waals surface area (Å²) in [5, 5.41) is 11.7. The minimum Gasteiger partial charge on any atom is -0.493 e. The molecular formula is C13H20BrNO2. The van der Waals surface area contributed by atoms with Gasteiger partial charge in [0.1, 0.15) is 5.75 Å². The molecule has 0 saturated carbocycles. The molecule has 0 aromatic heterocycles.